The van der Waals surface area contributed by atoms with Gasteiger partial charge < -0.3 is 11.1 Å². The van der Waals surface area contributed by atoms with Crippen molar-refractivity contribution in [1.82, 2.24) is 4.98 Å². The van der Waals surface area contributed by atoms with Crippen molar-refractivity contribution >= 4 is 34.8 Å². The predicted octanol–water partition coefficient (Wildman–Crippen LogP) is 2.75. The second kappa shape index (κ2) is 6.50. The lowest BCUT2D eigenvalue weighted by atomic mass is 9.87. The van der Waals surface area contributed by atoms with E-state index < -0.39 is 6.04 Å². The van der Waals surface area contributed by atoms with Crippen LogP contribution in [0.1, 0.15) is 38.3 Å². The lowest BCUT2D eigenvalue weighted by molar-refractivity contribution is -0.119. The number of halogens is 1. The number of thiazole rings is 1. The van der Waals surface area contributed by atoms with E-state index in [4.69, 9.17) is 5.73 Å². The third kappa shape index (κ3) is 4.23. The highest BCUT2D eigenvalue weighted by atomic mass is 35.5. The normalized spacial score (nSPS) is 12.8. The summed E-state index contributed by atoms with van der Waals surface area (Å²) in [4.78, 5) is 17.4. The van der Waals surface area contributed by atoms with Gasteiger partial charge in [0.15, 0.2) is 5.13 Å². The lowest BCUT2D eigenvalue weighted by Gasteiger charge is -2.25. The van der Waals surface area contributed by atoms with E-state index in [9.17, 15) is 4.79 Å². The number of carbonyl (C=O) groups excluding carboxylic acids is 1. The standard InChI is InChI=1S/C12H21N3OS.ClH/c1-6-8-7(2)17-11(14-8)15-10(16)9(13)12(3,4)5;/h9H,6,13H2,1-5H3,(H,14,15,16);1H/t9-;/m1./s1. The molecule has 6 heteroatoms. The summed E-state index contributed by atoms with van der Waals surface area (Å²) in [6.45, 7) is 9.90. The number of carbonyl (C=O) groups is 1. The van der Waals surface area contributed by atoms with Crippen molar-refractivity contribution < 1.29 is 4.79 Å². The van der Waals surface area contributed by atoms with Gasteiger partial charge >= 0.3 is 0 Å². The number of aromatic nitrogens is 1. The van der Waals surface area contributed by atoms with Gasteiger partial charge in [-0.2, -0.15) is 0 Å². The Hall–Kier alpha value is -0.650. The van der Waals surface area contributed by atoms with Crippen LogP contribution in [0.15, 0.2) is 0 Å². The van der Waals surface area contributed by atoms with Crippen LogP contribution in [0.2, 0.25) is 0 Å². The summed E-state index contributed by atoms with van der Waals surface area (Å²) in [6.07, 6.45) is 0.879. The fraction of sp³-hybridized carbons (Fsp3) is 0.667. The van der Waals surface area contributed by atoms with Crippen molar-refractivity contribution in [2.75, 3.05) is 5.32 Å². The molecular weight excluding hydrogens is 270 g/mol. The van der Waals surface area contributed by atoms with Crippen molar-refractivity contribution in [3.8, 4) is 0 Å². The summed E-state index contributed by atoms with van der Waals surface area (Å²) in [6, 6.07) is -0.531. The van der Waals surface area contributed by atoms with Gasteiger partial charge in [0.05, 0.1) is 11.7 Å². The van der Waals surface area contributed by atoms with Crippen LogP contribution in [0.4, 0.5) is 5.13 Å². The Balaban J connectivity index is 0.00000289. The van der Waals surface area contributed by atoms with Gasteiger partial charge in [-0.1, -0.05) is 27.7 Å². The summed E-state index contributed by atoms with van der Waals surface area (Å²) in [5.41, 5.74) is 6.67. The molecule has 4 nitrogen and oxygen atoms in total. The Morgan fingerprint density at radius 1 is 1.50 bits per heavy atom. The molecule has 18 heavy (non-hydrogen) atoms. The first-order valence-electron chi connectivity index (χ1n) is 5.78. The minimum Gasteiger partial charge on any atom is -0.319 e. The number of nitrogens with zero attached hydrogens (tertiary/aromatic N) is 1. The second-order valence-corrected chi connectivity index (χ2v) is 6.41. The van der Waals surface area contributed by atoms with E-state index in [2.05, 4.69) is 17.2 Å². The molecule has 0 unspecified atom stereocenters. The number of amides is 1. The van der Waals surface area contributed by atoms with E-state index in [1.807, 2.05) is 27.7 Å². The molecule has 1 aromatic rings. The van der Waals surface area contributed by atoms with Gasteiger partial charge in [0.1, 0.15) is 0 Å². The molecule has 0 fully saturated rings. The predicted molar refractivity (Wildman–Crippen MR) is 79.5 cm³/mol. The van der Waals surface area contributed by atoms with Gasteiger partial charge in [0, 0.05) is 4.88 Å². The summed E-state index contributed by atoms with van der Waals surface area (Å²) in [5.74, 6) is -0.172. The Labute approximate surface area is 119 Å². The van der Waals surface area contributed by atoms with E-state index in [0.717, 1.165) is 17.0 Å². The maximum Gasteiger partial charge on any atom is 0.243 e. The fourth-order valence-electron chi connectivity index (χ4n) is 1.39. The summed E-state index contributed by atoms with van der Waals surface area (Å²) in [5, 5.41) is 3.43. The van der Waals surface area contributed by atoms with Crippen molar-refractivity contribution in [3.05, 3.63) is 10.6 Å². The van der Waals surface area contributed by atoms with Crippen LogP contribution in [0.25, 0.3) is 0 Å². The van der Waals surface area contributed by atoms with Crippen LogP contribution in [-0.4, -0.2) is 16.9 Å². The van der Waals surface area contributed by atoms with Crippen molar-refractivity contribution in [3.63, 3.8) is 0 Å². The van der Waals surface area contributed by atoms with Gasteiger partial charge in [0.25, 0.3) is 0 Å². The minimum atomic E-state index is -0.531. The average Bonchev–Trinajstić information content (AvgIpc) is 2.56. The number of nitrogens with one attached hydrogen (secondary N) is 1. The molecule has 0 saturated heterocycles. The maximum absolute atomic E-state index is 11.9. The largest absolute Gasteiger partial charge is 0.319 e. The van der Waals surface area contributed by atoms with Crippen molar-refractivity contribution in [1.29, 1.82) is 0 Å². The number of hydrogen-bond acceptors (Lipinski definition) is 4. The quantitative estimate of drug-likeness (QED) is 0.900. The van der Waals surface area contributed by atoms with Crippen LogP contribution in [0.5, 0.6) is 0 Å². The minimum absolute atomic E-state index is 0. The number of hydrogen-bond donors (Lipinski definition) is 2. The van der Waals surface area contributed by atoms with Crippen LogP contribution in [0.3, 0.4) is 0 Å². The molecule has 1 rings (SSSR count). The topological polar surface area (TPSA) is 68.0 Å². The fourth-order valence-corrected chi connectivity index (χ4v) is 2.29. The number of rotatable bonds is 3. The van der Waals surface area contributed by atoms with E-state index in [1.165, 1.54) is 11.3 Å². The van der Waals surface area contributed by atoms with E-state index in [1.54, 1.807) is 0 Å². The SMILES string of the molecule is CCc1nc(NC(=O)[C@@H](N)C(C)(C)C)sc1C.Cl. The first-order valence-corrected chi connectivity index (χ1v) is 6.60. The summed E-state index contributed by atoms with van der Waals surface area (Å²) in [7, 11) is 0. The second-order valence-electron chi connectivity index (χ2n) is 5.21. The number of nitrogens with two attached hydrogens (primary N) is 1. The molecule has 0 aliphatic carbocycles. The first kappa shape index (κ1) is 17.4. The molecule has 0 spiro atoms. The van der Waals surface area contributed by atoms with Crippen molar-refractivity contribution in [2.24, 2.45) is 11.1 Å². The van der Waals surface area contributed by atoms with Gasteiger partial charge in [-0.3, -0.25) is 4.79 Å². The van der Waals surface area contributed by atoms with E-state index in [0.29, 0.717) is 5.13 Å². The molecule has 1 aromatic heterocycles. The average molecular weight is 292 g/mol. The Bertz CT molecular complexity index is 412. The highest BCUT2D eigenvalue weighted by molar-refractivity contribution is 7.15. The highest BCUT2D eigenvalue weighted by Crippen LogP contribution is 2.24. The Morgan fingerprint density at radius 2 is 2.06 bits per heavy atom. The highest BCUT2D eigenvalue weighted by Gasteiger charge is 2.28. The van der Waals surface area contributed by atoms with Gasteiger partial charge in [-0.15, -0.1) is 23.7 Å². The third-order valence-electron chi connectivity index (χ3n) is 2.67. The molecule has 1 heterocycles. The molecule has 1 amide bonds. The molecule has 0 aromatic carbocycles. The van der Waals surface area contributed by atoms with E-state index >= 15 is 0 Å². The molecular formula is C12H22ClN3OS. The molecule has 3 N–H and O–H groups in total. The zero-order chi connectivity index (χ0) is 13.2. The number of aryl methyl sites for hydroxylation is 2. The molecule has 104 valence electrons. The smallest absolute Gasteiger partial charge is 0.243 e. The monoisotopic (exact) mass is 291 g/mol. The Morgan fingerprint density at radius 3 is 2.44 bits per heavy atom. The van der Waals surface area contributed by atoms with Crippen LogP contribution in [0, 0.1) is 12.3 Å². The van der Waals surface area contributed by atoms with Gasteiger partial charge in [-0.05, 0) is 18.8 Å². The number of anilines is 1. The van der Waals surface area contributed by atoms with E-state index in [-0.39, 0.29) is 23.7 Å². The van der Waals surface area contributed by atoms with Gasteiger partial charge in [0.2, 0.25) is 5.91 Å². The first-order chi connectivity index (χ1) is 7.75. The van der Waals surface area contributed by atoms with Crippen LogP contribution < -0.4 is 11.1 Å². The maximum atomic E-state index is 11.9. The third-order valence-corrected chi connectivity index (χ3v) is 3.60. The zero-order valence-electron chi connectivity index (χ0n) is 11.5. The molecule has 0 aliphatic heterocycles. The van der Waals surface area contributed by atoms with Crippen LogP contribution >= 0.6 is 23.7 Å². The zero-order valence-corrected chi connectivity index (χ0v) is 13.2. The summed E-state index contributed by atoms with van der Waals surface area (Å²) >= 11 is 1.50. The van der Waals surface area contributed by atoms with Gasteiger partial charge in [-0.25, -0.2) is 4.98 Å². The van der Waals surface area contributed by atoms with Crippen LogP contribution in [-0.2, 0) is 11.2 Å². The lowest BCUT2D eigenvalue weighted by Crippen LogP contribution is -2.45. The molecule has 0 saturated carbocycles. The molecule has 0 radical (unpaired) electrons. The summed E-state index contributed by atoms with van der Waals surface area (Å²) < 4.78 is 0. The molecule has 0 aliphatic rings. The molecule has 0 bridgehead atoms. The molecule has 1 atom stereocenters. The van der Waals surface area contributed by atoms with Crippen molar-refractivity contribution in [2.45, 2.75) is 47.1 Å². The Kier molecular flexibility index (Phi) is 6.26.